The molecule has 178 valence electrons. The van der Waals surface area contributed by atoms with Crippen molar-refractivity contribution < 1.29 is 9.18 Å². The van der Waals surface area contributed by atoms with Crippen LogP contribution in [0.3, 0.4) is 0 Å². The Labute approximate surface area is 200 Å². The topological polar surface area (TPSA) is 92.4 Å². The van der Waals surface area contributed by atoms with Crippen molar-refractivity contribution in [3.63, 3.8) is 0 Å². The molecule has 2 N–H and O–H groups in total. The van der Waals surface area contributed by atoms with Crippen molar-refractivity contribution in [2.24, 2.45) is 7.05 Å². The summed E-state index contributed by atoms with van der Waals surface area (Å²) in [6.45, 7) is 6.46. The fourth-order valence-electron chi connectivity index (χ4n) is 4.65. The molecule has 0 radical (unpaired) electrons. The molecule has 0 saturated carbocycles. The average Bonchev–Trinajstić information content (AvgIpc) is 3.36. The Balaban J connectivity index is 1.47. The molecule has 0 unspecified atom stereocenters. The number of carbonyl (C=O) groups excluding carboxylic acids is 1. The summed E-state index contributed by atoms with van der Waals surface area (Å²) in [5, 5.41) is 11.6. The van der Waals surface area contributed by atoms with E-state index in [1.54, 1.807) is 35.4 Å². The van der Waals surface area contributed by atoms with Gasteiger partial charge in [-0.05, 0) is 32.4 Å². The lowest BCUT2D eigenvalue weighted by Crippen LogP contribution is -2.42. The zero-order valence-electron chi connectivity index (χ0n) is 19.3. The van der Waals surface area contributed by atoms with Crippen LogP contribution in [0.25, 0.3) is 16.6 Å². The van der Waals surface area contributed by atoms with Crippen LogP contribution < -0.4 is 15.5 Å². The maximum atomic E-state index is 15.4. The largest absolute Gasteiger partial charge is 0.371 e. The normalized spacial score (nSPS) is 14.9. The highest BCUT2D eigenvalue weighted by Gasteiger charge is 2.26. The van der Waals surface area contributed by atoms with E-state index in [4.69, 9.17) is 11.6 Å². The number of rotatable bonds is 5. The van der Waals surface area contributed by atoms with Gasteiger partial charge in [0.05, 0.1) is 17.6 Å². The van der Waals surface area contributed by atoms with E-state index in [2.05, 4.69) is 37.5 Å². The number of anilines is 2. The maximum Gasteiger partial charge on any atom is 0.262 e. The van der Waals surface area contributed by atoms with Crippen LogP contribution in [0.15, 0.2) is 24.7 Å². The highest BCUT2D eigenvalue weighted by Crippen LogP contribution is 2.33. The molecule has 4 heterocycles. The Hall–Kier alpha value is -3.24. The molecule has 1 amide bonds. The maximum absolute atomic E-state index is 15.4. The number of piperidine rings is 1. The molecule has 0 spiro atoms. The summed E-state index contributed by atoms with van der Waals surface area (Å²) in [6, 6.07) is 1.92. The van der Waals surface area contributed by atoms with Crippen LogP contribution in [-0.4, -0.2) is 55.7 Å². The summed E-state index contributed by atoms with van der Waals surface area (Å²) in [6.07, 6.45) is 7.14. The number of halogens is 2. The van der Waals surface area contributed by atoms with E-state index >= 15 is 4.39 Å². The minimum absolute atomic E-state index is 0.112. The van der Waals surface area contributed by atoms with Gasteiger partial charge in [0.2, 0.25) is 0 Å². The molecule has 0 bridgehead atoms. The number of hydrogen-bond acceptors (Lipinski definition) is 6. The number of fused-ring (bicyclic) bond motifs is 2. The van der Waals surface area contributed by atoms with E-state index in [0.29, 0.717) is 22.9 Å². The lowest BCUT2D eigenvalue weighted by Gasteiger charge is -2.34. The van der Waals surface area contributed by atoms with Crippen molar-refractivity contribution >= 4 is 45.6 Å². The lowest BCUT2D eigenvalue weighted by atomic mass is 10.0. The molecule has 1 aliphatic rings. The average molecular weight is 485 g/mol. The van der Waals surface area contributed by atoms with Crippen molar-refractivity contribution in [3.8, 4) is 0 Å². The van der Waals surface area contributed by atoms with E-state index in [0.717, 1.165) is 43.5 Å². The molecule has 1 saturated heterocycles. The van der Waals surface area contributed by atoms with Gasteiger partial charge in [0.25, 0.3) is 5.91 Å². The van der Waals surface area contributed by atoms with Gasteiger partial charge in [-0.2, -0.15) is 5.10 Å². The number of nitrogens with one attached hydrogen (secondary N) is 2. The minimum Gasteiger partial charge on any atom is -0.371 e. The molecule has 34 heavy (non-hydrogen) atoms. The summed E-state index contributed by atoms with van der Waals surface area (Å²) in [4.78, 5) is 23.8. The third kappa shape index (κ3) is 4.07. The SMILES string of the molecule is CCNC1CCN(c2cc(F)c(C(=O)Nc3cn4cc(C)nc(Cl)c4n3)c3nn(C)cc23)CC1. The Morgan fingerprint density at radius 3 is 2.74 bits per heavy atom. The van der Waals surface area contributed by atoms with Crippen LogP contribution in [0.1, 0.15) is 35.8 Å². The zero-order chi connectivity index (χ0) is 24.0. The molecule has 5 rings (SSSR count). The first kappa shape index (κ1) is 22.5. The summed E-state index contributed by atoms with van der Waals surface area (Å²) >= 11 is 6.16. The number of carbonyl (C=O) groups is 1. The number of imidazole rings is 1. The lowest BCUT2D eigenvalue weighted by molar-refractivity contribution is 0.102. The molecule has 0 atom stereocenters. The van der Waals surface area contributed by atoms with Crippen LogP contribution in [0.5, 0.6) is 0 Å². The molecule has 9 nitrogen and oxygen atoms in total. The summed E-state index contributed by atoms with van der Waals surface area (Å²) in [5.74, 6) is -0.994. The number of aryl methyl sites for hydroxylation is 2. The molecule has 1 aromatic carbocycles. The van der Waals surface area contributed by atoms with Crippen molar-refractivity contribution in [2.45, 2.75) is 32.7 Å². The van der Waals surface area contributed by atoms with Crippen LogP contribution >= 0.6 is 11.6 Å². The number of amides is 1. The zero-order valence-corrected chi connectivity index (χ0v) is 20.0. The third-order valence-electron chi connectivity index (χ3n) is 6.16. The standard InChI is InChI=1S/C23H26ClFN8O/c1-4-26-14-5-7-32(8-6-14)17-9-16(25)19(20-15(17)11-31(3)30-20)23(34)29-18-12-33-10-13(2)27-21(24)22(33)28-18/h9-12,14,26H,4-8H2,1-3H3,(H,29,34). The number of nitrogens with zero attached hydrogens (tertiary/aromatic N) is 6. The Morgan fingerprint density at radius 1 is 1.24 bits per heavy atom. The molecular weight excluding hydrogens is 459 g/mol. The van der Waals surface area contributed by atoms with Gasteiger partial charge in [-0.3, -0.25) is 9.48 Å². The summed E-state index contributed by atoms with van der Waals surface area (Å²) in [5.41, 5.74) is 2.08. The molecule has 0 aliphatic carbocycles. The molecular formula is C23H26ClFN8O. The van der Waals surface area contributed by atoms with E-state index in [1.165, 1.54) is 6.07 Å². The number of aromatic nitrogens is 5. The first-order chi connectivity index (χ1) is 16.3. The van der Waals surface area contributed by atoms with Gasteiger partial charge in [-0.1, -0.05) is 18.5 Å². The summed E-state index contributed by atoms with van der Waals surface area (Å²) < 4.78 is 18.7. The Morgan fingerprint density at radius 2 is 2.00 bits per heavy atom. The van der Waals surface area contributed by atoms with E-state index in [9.17, 15) is 4.79 Å². The van der Waals surface area contributed by atoms with Crippen molar-refractivity contribution in [1.82, 2.24) is 29.5 Å². The quantitative estimate of drug-likeness (QED) is 0.450. The summed E-state index contributed by atoms with van der Waals surface area (Å²) in [7, 11) is 1.76. The minimum atomic E-state index is -0.622. The van der Waals surface area contributed by atoms with Gasteiger partial charge < -0.3 is 19.9 Å². The molecule has 11 heteroatoms. The Bertz CT molecular complexity index is 1390. The van der Waals surface area contributed by atoms with E-state index in [1.807, 2.05) is 6.20 Å². The fraction of sp³-hybridized carbons (Fsp3) is 0.391. The molecule has 1 fully saturated rings. The van der Waals surface area contributed by atoms with Crippen LogP contribution in [-0.2, 0) is 7.05 Å². The number of benzene rings is 1. The van der Waals surface area contributed by atoms with Crippen LogP contribution in [0.4, 0.5) is 15.9 Å². The van der Waals surface area contributed by atoms with Crippen molar-refractivity contribution in [2.75, 3.05) is 29.9 Å². The van der Waals surface area contributed by atoms with Gasteiger partial charge in [0.1, 0.15) is 16.9 Å². The molecule has 3 aromatic heterocycles. The second kappa shape index (κ2) is 8.84. The highest BCUT2D eigenvalue weighted by molar-refractivity contribution is 6.32. The van der Waals surface area contributed by atoms with Gasteiger partial charge in [-0.15, -0.1) is 0 Å². The van der Waals surface area contributed by atoms with Crippen molar-refractivity contribution in [1.29, 1.82) is 0 Å². The van der Waals surface area contributed by atoms with Gasteiger partial charge in [0.15, 0.2) is 16.6 Å². The van der Waals surface area contributed by atoms with Crippen molar-refractivity contribution in [3.05, 3.63) is 46.9 Å². The van der Waals surface area contributed by atoms with Gasteiger partial charge >= 0.3 is 0 Å². The predicted octanol–water partition coefficient (Wildman–Crippen LogP) is 3.55. The van der Waals surface area contributed by atoms with Crippen LogP contribution in [0, 0.1) is 12.7 Å². The van der Waals surface area contributed by atoms with E-state index in [-0.39, 0.29) is 16.5 Å². The molecule has 4 aromatic rings. The second-order valence-electron chi connectivity index (χ2n) is 8.62. The number of hydrogen-bond donors (Lipinski definition) is 2. The predicted molar refractivity (Wildman–Crippen MR) is 130 cm³/mol. The smallest absolute Gasteiger partial charge is 0.262 e. The van der Waals surface area contributed by atoms with Gasteiger partial charge in [-0.25, -0.2) is 14.4 Å². The van der Waals surface area contributed by atoms with Crippen LogP contribution in [0.2, 0.25) is 5.15 Å². The monoisotopic (exact) mass is 484 g/mol. The fourth-order valence-corrected chi connectivity index (χ4v) is 4.93. The highest BCUT2D eigenvalue weighted by atomic mass is 35.5. The second-order valence-corrected chi connectivity index (χ2v) is 8.98. The van der Waals surface area contributed by atoms with Gasteiger partial charge in [0, 0.05) is 44.0 Å². The first-order valence-electron chi connectivity index (χ1n) is 11.3. The first-order valence-corrected chi connectivity index (χ1v) is 11.7. The Kier molecular flexibility index (Phi) is 5.86. The van der Waals surface area contributed by atoms with E-state index < -0.39 is 11.7 Å². The molecule has 1 aliphatic heterocycles. The third-order valence-corrected chi connectivity index (χ3v) is 6.41.